The summed E-state index contributed by atoms with van der Waals surface area (Å²) in [4.78, 5) is 33.9. The summed E-state index contributed by atoms with van der Waals surface area (Å²) < 4.78 is 10.6. The van der Waals surface area contributed by atoms with Crippen LogP contribution in [0.1, 0.15) is 48.4 Å². The number of aryl methyl sites for hydroxylation is 1. The van der Waals surface area contributed by atoms with Crippen molar-refractivity contribution in [3.63, 3.8) is 0 Å². The van der Waals surface area contributed by atoms with E-state index in [9.17, 15) is 9.59 Å². The van der Waals surface area contributed by atoms with Crippen LogP contribution >= 0.6 is 0 Å². The largest absolute Gasteiger partial charge is 0.448 e. The van der Waals surface area contributed by atoms with Crippen LogP contribution in [0.25, 0.3) is 0 Å². The van der Waals surface area contributed by atoms with Gasteiger partial charge in [-0.15, -0.1) is 0 Å². The summed E-state index contributed by atoms with van der Waals surface area (Å²) in [6, 6.07) is 0.293. The van der Waals surface area contributed by atoms with Crippen molar-refractivity contribution >= 4 is 11.8 Å². The molecular formula is C18H25N3O4. The molecule has 25 heavy (non-hydrogen) atoms. The quantitative estimate of drug-likeness (QED) is 0.812. The molecule has 0 aromatic carbocycles. The normalized spacial score (nSPS) is 28.1. The van der Waals surface area contributed by atoms with Crippen molar-refractivity contribution in [2.24, 2.45) is 5.41 Å². The van der Waals surface area contributed by atoms with E-state index in [0.29, 0.717) is 30.6 Å². The highest BCUT2D eigenvalue weighted by molar-refractivity contribution is 5.94. The topological polar surface area (TPSA) is 75.9 Å². The fraction of sp³-hybridized carbons (Fsp3) is 0.722. The van der Waals surface area contributed by atoms with Gasteiger partial charge >= 0.3 is 0 Å². The molecule has 2 amide bonds. The van der Waals surface area contributed by atoms with Gasteiger partial charge < -0.3 is 19.0 Å². The summed E-state index contributed by atoms with van der Waals surface area (Å²) in [5.74, 6) is 0.640. The zero-order valence-electron chi connectivity index (χ0n) is 14.7. The average Bonchev–Trinajstić information content (AvgIpc) is 3.25. The van der Waals surface area contributed by atoms with Gasteiger partial charge in [-0.05, 0) is 39.0 Å². The molecular weight excluding hydrogens is 322 g/mol. The molecule has 7 nitrogen and oxygen atoms in total. The van der Waals surface area contributed by atoms with Gasteiger partial charge in [0, 0.05) is 38.9 Å². The van der Waals surface area contributed by atoms with Crippen LogP contribution in [0.2, 0.25) is 0 Å². The summed E-state index contributed by atoms with van der Waals surface area (Å²) in [7, 11) is 0. The number of aromatic nitrogens is 1. The molecule has 136 valence electrons. The van der Waals surface area contributed by atoms with E-state index in [4.69, 9.17) is 9.15 Å². The van der Waals surface area contributed by atoms with E-state index in [-0.39, 0.29) is 11.8 Å². The van der Waals surface area contributed by atoms with Gasteiger partial charge in [0.1, 0.15) is 5.76 Å². The highest BCUT2D eigenvalue weighted by Crippen LogP contribution is 2.41. The van der Waals surface area contributed by atoms with Crippen molar-refractivity contribution in [2.75, 3.05) is 32.8 Å². The van der Waals surface area contributed by atoms with Crippen LogP contribution in [0.15, 0.2) is 10.8 Å². The van der Waals surface area contributed by atoms with Gasteiger partial charge in [-0.25, -0.2) is 4.98 Å². The minimum Gasteiger partial charge on any atom is -0.448 e. The molecule has 1 aromatic rings. The first kappa shape index (κ1) is 16.6. The number of oxazole rings is 1. The number of hydrogen-bond donors (Lipinski definition) is 0. The Morgan fingerprint density at radius 3 is 2.80 bits per heavy atom. The van der Waals surface area contributed by atoms with E-state index in [1.165, 1.54) is 6.39 Å². The van der Waals surface area contributed by atoms with Crippen molar-refractivity contribution in [1.82, 2.24) is 14.8 Å². The van der Waals surface area contributed by atoms with Crippen molar-refractivity contribution in [1.29, 1.82) is 0 Å². The van der Waals surface area contributed by atoms with Crippen LogP contribution in [-0.4, -0.2) is 65.5 Å². The Bertz CT molecular complexity index is 667. The number of amides is 2. The summed E-state index contributed by atoms with van der Waals surface area (Å²) in [5.41, 5.74) is -0.0503. The Balaban J connectivity index is 1.49. The summed E-state index contributed by atoms with van der Waals surface area (Å²) in [6.07, 6.45) is 5.76. The molecule has 0 bridgehead atoms. The highest BCUT2D eigenvalue weighted by Gasteiger charge is 2.50. The lowest BCUT2D eigenvalue weighted by Gasteiger charge is -2.44. The van der Waals surface area contributed by atoms with Crippen LogP contribution in [0.4, 0.5) is 0 Å². The second-order valence-electron chi connectivity index (χ2n) is 7.46. The van der Waals surface area contributed by atoms with Gasteiger partial charge in [0.25, 0.3) is 5.91 Å². The number of carbonyl (C=O) groups is 2. The van der Waals surface area contributed by atoms with Gasteiger partial charge in [-0.1, -0.05) is 0 Å². The van der Waals surface area contributed by atoms with E-state index in [0.717, 1.165) is 51.9 Å². The lowest BCUT2D eigenvalue weighted by Crippen LogP contribution is -2.55. The average molecular weight is 347 g/mol. The van der Waals surface area contributed by atoms with Crippen LogP contribution in [0.3, 0.4) is 0 Å². The smallest absolute Gasteiger partial charge is 0.276 e. The zero-order valence-corrected chi connectivity index (χ0v) is 14.7. The monoisotopic (exact) mass is 347 g/mol. The van der Waals surface area contributed by atoms with Crippen molar-refractivity contribution < 1.29 is 18.7 Å². The summed E-state index contributed by atoms with van der Waals surface area (Å²) in [6.45, 7) is 5.15. The third-order valence-corrected chi connectivity index (χ3v) is 5.99. The summed E-state index contributed by atoms with van der Waals surface area (Å²) >= 11 is 0. The molecule has 0 unspecified atom stereocenters. The molecule has 3 aliphatic rings. The second kappa shape index (κ2) is 6.44. The minimum atomic E-state index is -0.413. The van der Waals surface area contributed by atoms with Gasteiger partial charge in [0.05, 0.1) is 5.41 Å². The SMILES string of the molecule is Cc1ocnc1C(=O)N1CC[C@@]2(CCCN(C3CCOCC3)C2=O)C1. The number of nitrogens with zero attached hydrogens (tertiary/aromatic N) is 3. The molecule has 1 spiro atoms. The number of piperidine rings is 1. The third kappa shape index (κ3) is 2.84. The molecule has 3 fully saturated rings. The highest BCUT2D eigenvalue weighted by atomic mass is 16.5. The molecule has 0 aliphatic carbocycles. The molecule has 0 saturated carbocycles. The lowest BCUT2D eigenvalue weighted by molar-refractivity contribution is -0.150. The van der Waals surface area contributed by atoms with Crippen molar-refractivity contribution in [2.45, 2.75) is 45.1 Å². The number of hydrogen-bond acceptors (Lipinski definition) is 5. The predicted octanol–water partition coefficient (Wildman–Crippen LogP) is 1.62. The standard InChI is InChI=1S/C18H25N3O4/c1-13-15(19-12-25-13)16(22)20-8-6-18(11-20)5-2-7-21(17(18)23)14-3-9-24-10-4-14/h12,14H,2-11H2,1H3/t18-/m0/s1. The maximum Gasteiger partial charge on any atom is 0.276 e. The number of likely N-dealkylation sites (tertiary alicyclic amines) is 2. The Labute approximate surface area is 147 Å². The van der Waals surface area contributed by atoms with Crippen molar-refractivity contribution in [3.05, 3.63) is 17.8 Å². The number of rotatable bonds is 2. The molecule has 3 aliphatic heterocycles. The molecule has 0 radical (unpaired) electrons. The molecule has 1 atom stereocenters. The predicted molar refractivity (Wildman–Crippen MR) is 89.0 cm³/mol. The maximum absolute atomic E-state index is 13.3. The van der Waals surface area contributed by atoms with E-state index in [2.05, 4.69) is 9.88 Å². The van der Waals surface area contributed by atoms with Crippen LogP contribution in [0.5, 0.6) is 0 Å². The lowest BCUT2D eigenvalue weighted by atomic mass is 9.77. The fourth-order valence-corrected chi connectivity index (χ4v) is 4.53. The van der Waals surface area contributed by atoms with Crippen molar-refractivity contribution in [3.8, 4) is 0 Å². The molecule has 7 heteroatoms. The number of carbonyl (C=O) groups excluding carboxylic acids is 2. The molecule has 1 aromatic heterocycles. The van der Waals surface area contributed by atoms with E-state index in [1.807, 2.05) is 0 Å². The van der Waals surface area contributed by atoms with E-state index < -0.39 is 5.41 Å². The Hall–Kier alpha value is -1.89. The van der Waals surface area contributed by atoms with Gasteiger partial charge in [0.15, 0.2) is 12.1 Å². The zero-order chi connectivity index (χ0) is 17.4. The number of ether oxygens (including phenoxy) is 1. The van der Waals surface area contributed by atoms with E-state index in [1.54, 1.807) is 11.8 Å². The maximum atomic E-state index is 13.3. The molecule has 0 N–H and O–H groups in total. The molecule has 3 saturated heterocycles. The van der Waals surface area contributed by atoms with Crippen LogP contribution in [-0.2, 0) is 9.53 Å². The minimum absolute atomic E-state index is 0.126. The second-order valence-corrected chi connectivity index (χ2v) is 7.46. The Morgan fingerprint density at radius 2 is 2.08 bits per heavy atom. The first-order valence-corrected chi connectivity index (χ1v) is 9.19. The van der Waals surface area contributed by atoms with Crippen LogP contribution in [0, 0.1) is 12.3 Å². The Morgan fingerprint density at radius 1 is 1.28 bits per heavy atom. The Kier molecular flexibility index (Phi) is 4.27. The van der Waals surface area contributed by atoms with Gasteiger partial charge in [-0.3, -0.25) is 9.59 Å². The third-order valence-electron chi connectivity index (χ3n) is 5.99. The first-order valence-electron chi connectivity index (χ1n) is 9.19. The molecule has 4 heterocycles. The molecule has 4 rings (SSSR count). The summed E-state index contributed by atoms with van der Waals surface area (Å²) in [5, 5.41) is 0. The van der Waals surface area contributed by atoms with Gasteiger partial charge in [0.2, 0.25) is 5.91 Å². The van der Waals surface area contributed by atoms with E-state index >= 15 is 0 Å². The fourth-order valence-electron chi connectivity index (χ4n) is 4.53. The van der Waals surface area contributed by atoms with Crippen LogP contribution < -0.4 is 0 Å². The van der Waals surface area contributed by atoms with Gasteiger partial charge in [-0.2, -0.15) is 0 Å². The first-order chi connectivity index (χ1) is 12.1.